The van der Waals surface area contributed by atoms with Crippen molar-refractivity contribution in [3.8, 4) is 0 Å². The van der Waals surface area contributed by atoms with Crippen LogP contribution in [0.4, 0.5) is 0 Å². The summed E-state index contributed by atoms with van der Waals surface area (Å²) in [6.07, 6.45) is 4.29. The number of carbonyl (C=O) groups excluding carboxylic acids is 1. The van der Waals surface area contributed by atoms with Crippen LogP contribution in [0.2, 0.25) is 0 Å². The highest BCUT2D eigenvalue weighted by Gasteiger charge is 2.32. The second-order valence-electron chi connectivity index (χ2n) is 6.68. The Kier molecular flexibility index (Phi) is 4.32. The van der Waals surface area contributed by atoms with E-state index in [-0.39, 0.29) is 18.0 Å². The number of tetrazole rings is 1. The second-order valence-corrected chi connectivity index (χ2v) is 7.46. The molecular formula is C16H22N6OS. The van der Waals surface area contributed by atoms with E-state index in [2.05, 4.69) is 32.7 Å². The van der Waals surface area contributed by atoms with E-state index in [0.717, 1.165) is 37.3 Å². The molecule has 1 aliphatic carbocycles. The quantitative estimate of drug-likeness (QED) is 0.896. The molecule has 2 fully saturated rings. The first kappa shape index (κ1) is 15.7. The first-order valence-electron chi connectivity index (χ1n) is 8.57. The first-order chi connectivity index (χ1) is 11.7. The lowest BCUT2D eigenvalue weighted by atomic mass is 10.0. The van der Waals surface area contributed by atoms with Gasteiger partial charge in [0.15, 0.2) is 5.82 Å². The number of nitrogens with one attached hydrogen (secondary N) is 1. The minimum atomic E-state index is 0.0421. The molecule has 0 bridgehead atoms. The minimum absolute atomic E-state index is 0.0421. The molecule has 1 saturated heterocycles. The summed E-state index contributed by atoms with van der Waals surface area (Å²) < 4.78 is 2.00. The van der Waals surface area contributed by atoms with Crippen molar-refractivity contribution in [3.05, 3.63) is 28.2 Å². The number of rotatable bonds is 5. The standard InChI is InChI=1S/C16H22N6OS/c1-11(15-18-19-20-22(15)14-2-3-14)21-7-4-13(5-8-21)17-16(23)12-6-9-24-10-12/h6,9-11,13-14H,2-5,7-8H2,1H3,(H,17,23)/t11-/m1/s1. The van der Waals surface area contributed by atoms with Crippen molar-refractivity contribution in [1.29, 1.82) is 0 Å². The largest absolute Gasteiger partial charge is 0.349 e. The van der Waals surface area contributed by atoms with Gasteiger partial charge in [0.05, 0.1) is 12.1 Å². The van der Waals surface area contributed by atoms with Crippen molar-refractivity contribution in [2.24, 2.45) is 0 Å². The summed E-state index contributed by atoms with van der Waals surface area (Å²) in [5.74, 6) is 1.01. The van der Waals surface area contributed by atoms with Crippen molar-refractivity contribution in [2.75, 3.05) is 13.1 Å². The van der Waals surface area contributed by atoms with Crippen LogP contribution in [0.1, 0.15) is 60.9 Å². The average Bonchev–Trinajstić information content (AvgIpc) is 3.11. The van der Waals surface area contributed by atoms with Gasteiger partial charge in [-0.15, -0.1) is 5.10 Å². The van der Waals surface area contributed by atoms with Crippen molar-refractivity contribution >= 4 is 17.2 Å². The van der Waals surface area contributed by atoms with Gasteiger partial charge in [0.1, 0.15) is 0 Å². The van der Waals surface area contributed by atoms with E-state index < -0.39 is 0 Å². The van der Waals surface area contributed by atoms with Crippen LogP contribution in [-0.2, 0) is 0 Å². The summed E-state index contributed by atoms with van der Waals surface area (Å²) in [4.78, 5) is 14.6. The maximum Gasteiger partial charge on any atom is 0.252 e. The zero-order valence-corrected chi connectivity index (χ0v) is 14.6. The maximum atomic E-state index is 12.2. The fourth-order valence-corrected chi connectivity index (χ4v) is 3.95. The molecule has 2 aliphatic rings. The molecule has 1 aliphatic heterocycles. The Labute approximate surface area is 145 Å². The Morgan fingerprint density at radius 1 is 1.33 bits per heavy atom. The number of piperidine rings is 1. The van der Waals surface area contributed by atoms with Crippen LogP contribution in [0.3, 0.4) is 0 Å². The second kappa shape index (κ2) is 6.60. The normalized spacial score (nSPS) is 20.9. The van der Waals surface area contributed by atoms with Crippen molar-refractivity contribution < 1.29 is 4.79 Å². The maximum absolute atomic E-state index is 12.2. The Morgan fingerprint density at radius 2 is 2.12 bits per heavy atom. The number of carbonyl (C=O) groups is 1. The molecular weight excluding hydrogens is 324 g/mol. The first-order valence-corrected chi connectivity index (χ1v) is 9.51. The molecule has 128 valence electrons. The van der Waals surface area contributed by atoms with Gasteiger partial charge in [-0.2, -0.15) is 11.3 Å². The number of amides is 1. The van der Waals surface area contributed by atoms with E-state index in [1.165, 1.54) is 12.8 Å². The van der Waals surface area contributed by atoms with Crippen LogP contribution in [0.5, 0.6) is 0 Å². The molecule has 0 radical (unpaired) electrons. The lowest BCUT2D eigenvalue weighted by Gasteiger charge is -2.35. The van der Waals surface area contributed by atoms with Crippen molar-refractivity contribution in [3.63, 3.8) is 0 Å². The molecule has 8 heteroatoms. The summed E-state index contributed by atoms with van der Waals surface area (Å²) in [5.41, 5.74) is 0.763. The third-order valence-electron chi connectivity index (χ3n) is 4.98. The van der Waals surface area contributed by atoms with Gasteiger partial charge in [-0.3, -0.25) is 9.69 Å². The Bertz CT molecular complexity index is 687. The highest BCUT2D eigenvalue weighted by Crippen LogP contribution is 2.36. The average molecular weight is 346 g/mol. The van der Waals surface area contributed by atoms with Gasteiger partial charge in [0.25, 0.3) is 5.91 Å². The van der Waals surface area contributed by atoms with Crippen molar-refractivity contribution in [1.82, 2.24) is 30.4 Å². The predicted molar refractivity (Wildman–Crippen MR) is 90.9 cm³/mol. The topological polar surface area (TPSA) is 75.9 Å². The molecule has 4 rings (SSSR count). The van der Waals surface area contributed by atoms with E-state index in [1.54, 1.807) is 11.3 Å². The molecule has 1 saturated carbocycles. The summed E-state index contributed by atoms with van der Waals surface area (Å²) in [7, 11) is 0. The number of aromatic nitrogens is 4. The third-order valence-corrected chi connectivity index (χ3v) is 5.66. The van der Waals surface area contributed by atoms with Crippen LogP contribution >= 0.6 is 11.3 Å². The number of hydrogen-bond donors (Lipinski definition) is 1. The van der Waals surface area contributed by atoms with E-state index in [9.17, 15) is 4.79 Å². The Morgan fingerprint density at radius 3 is 2.79 bits per heavy atom. The molecule has 7 nitrogen and oxygen atoms in total. The number of nitrogens with zero attached hydrogens (tertiary/aromatic N) is 5. The lowest BCUT2D eigenvalue weighted by Crippen LogP contribution is -2.45. The van der Waals surface area contributed by atoms with Gasteiger partial charge >= 0.3 is 0 Å². The van der Waals surface area contributed by atoms with Gasteiger partial charge in [0.2, 0.25) is 0 Å². The lowest BCUT2D eigenvalue weighted by molar-refractivity contribution is 0.0892. The predicted octanol–water partition coefficient (Wildman–Crippen LogP) is 2.02. The van der Waals surface area contributed by atoms with Crippen molar-refractivity contribution in [2.45, 2.75) is 50.7 Å². The summed E-state index contributed by atoms with van der Waals surface area (Å²) in [6.45, 7) is 4.08. The van der Waals surface area contributed by atoms with E-state index >= 15 is 0 Å². The molecule has 1 amide bonds. The monoisotopic (exact) mass is 346 g/mol. The molecule has 24 heavy (non-hydrogen) atoms. The number of hydrogen-bond acceptors (Lipinski definition) is 6. The molecule has 0 spiro atoms. The van der Waals surface area contributed by atoms with Gasteiger partial charge in [-0.1, -0.05) is 0 Å². The molecule has 2 aromatic rings. The third kappa shape index (κ3) is 3.21. The van der Waals surface area contributed by atoms with Crippen LogP contribution in [0, 0.1) is 0 Å². The van der Waals surface area contributed by atoms with Gasteiger partial charge < -0.3 is 5.32 Å². The SMILES string of the molecule is C[C@H](c1nnnn1C1CC1)N1CCC(NC(=O)c2ccsc2)CC1. The molecule has 0 unspecified atom stereocenters. The number of likely N-dealkylation sites (tertiary alicyclic amines) is 1. The summed E-state index contributed by atoms with van der Waals surface area (Å²) in [6, 6.07) is 2.84. The summed E-state index contributed by atoms with van der Waals surface area (Å²) >= 11 is 1.55. The highest BCUT2D eigenvalue weighted by atomic mass is 32.1. The number of thiophene rings is 1. The van der Waals surface area contributed by atoms with Crippen LogP contribution in [0.25, 0.3) is 0 Å². The Balaban J connectivity index is 1.32. The highest BCUT2D eigenvalue weighted by molar-refractivity contribution is 7.08. The summed E-state index contributed by atoms with van der Waals surface area (Å²) in [5, 5.41) is 19.2. The van der Waals surface area contributed by atoms with Crippen LogP contribution < -0.4 is 5.32 Å². The van der Waals surface area contributed by atoms with E-state index in [4.69, 9.17) is 0 Å². The molecule has 1 atom stereocenters. The molecule has 1 N–H and O–H groups in total. The van der Waals surface area contributed by atoms with Crippen LogP contribution in [0.15, 0.2) is 16.8 Å². The molecule has 2 aromatic heterocycles. The van der Waals surface area contributed by atoms with Gasteiger partial charge in [0, 0.05) is 30.1 Å². The van der Waals surface area contributed by atoms with Crippen LogP contribution in [-0.4, -0.2) is 50.1 Å². The zero-order chi connectivity index (χ0) is 16.5. The Hall–Kier alpha value is -1.80. The fourth-order valence-electron chi connectivity index (χ4n) is 3.31. The molecule has 3 heterocycles. The minimum Gasteiger partial charge on any atom is -0.349 e. The van der Waals surface area contributed by atoms with E-state index in [1.807, 2.05) is 21.5 Å². The zero-order valence-electron chi connectivity index (χ0n) is 13.8. The van der Waals surface area contributed by atoms with Gasteiger partial charge in [-0.05, 0) is 54.5 Å². The smallest absolute Gasteiger partial charge is 0.252 e. The van der Waals surface area contributed by atoms with E-state index in [0.29, 0.717) is 6.04 Å². The van der Waals surface area contributed by atoms with Gasteiger partial charge in [-0.25, -0.2) is 4.68 Å². The fraction of sp³-hybridized carbons (Fsp3) is 0.625. The molecule has 0 aromatic carbocycles.